The molecule has 4 heterocycles. The molecule has 1 aliphatic rings. The summed E-state index contributed by atoms with van der Waals surface area (Å²) in [5.41, 5.74) is 0. The highest BCUT2D eigenvalue weighted by Gasteiger charge is 2.24. The molecule has 4 rings (SSSR count). The number of aromatic nitrogens is 2. The monoisotopic (exact) mass is 386 g/mol. The minimum absolute atomic E-state index is 0.0522. The number of carbonyl (C=O) groups is 1. The Bertz CT molecular complexity index is 925. The van der Waals surface area contributed by atoms with Gasteiger partial charge in [-0.05, 0) is 44.4 Å². The van der Waals surface area contributed by atoms with Gasteiger partial charge in [-0.1, -0.05) is 6.92 Å². The van der Waals surface area contributed by atoms with Crippen molar-refractivity contribution in [2.24, 2.45) is 0 Å². The number of aryl methyl sites for hydroxylation is 2. The van der Waals surface area contributed by atoms with Gasteiger partial charge in [-0.15, -0.1) is 22.7 Å². The maximum absolute atomic E-state index is 12.4. The van der Waals surface area contributed by atoms with Gasteiger partial charge in [-0.3, -0.25) is 4.79 Å². The van der Waals surface area contributed by atoms with E-state index in [2.05, 4.69) is 33.2 Å². The highest BCUT2D eigenvalue weighted by atomic mass is 32.1. The fourth-order valence-electron chi connectivity index (χ4n) is 3.37. The number of nitrogens with one attached hydrogen (secondary N) is 1. The summed E-state index contributed by atoms with van der Waals surface area (Å²) < 4.78 is 0. The van der Waals surface area contributed by atoms with Crippen LogP contribution in [0, 0.1) is 6.92 Å². The quantitative estimate of drug-likeness (QED) is 0.736. The van der Waals surface area contributed by atoms with Gasteiger partial charge in [0, 0.05) is 28.9 Å². The zero-order valence-electron chi connectivity index (χ0n) is 15.0. The molecule has 0 radical (unpaired) electrons. The summed E-state index contributed by atoms with van der Waals surface area (Å²) in [7, 11) is 0. The fourth-order valence-corrected chi connectivity index (χ4v) is 5.07. The number of piperidine rings is 1. The third-order valence-corrected chi connectivity index (χ3v) is 6.99. The Balaban J connectivity index is 1.42. The third kappa shape index (κ3) is 3.46. The first kappa shape index (κ1) is 17.4. The van der Waals surface area contributed by atoms with E-state index in [1.54, 1.807) is 29.0 Å². The topological polar surface area (TPSA) is 58.1 Å². The molecule has 1 fully saturated rings. The molecule has 0 saturated carbocycles. The van der Waals surface area contributed by atoms with Crippen LogP contribution in [0.2, 0.25) is 0 Å². The molecule has 7 heteroatoms. The van der Waals surface area contributed by atoms with Crippen molar-refractivity contribution >= 4 is 44.6 Å². The Morgan fingerprint density at radius 1 is 1.27 bits per heavy atom. The van der Waals surface area contributed by atoms with Gasteiger partial charge in [0.25, 0.3) is 5.91 Å². The summed E-state index contributed by atoms with van der Waals surface area (Å²) in [4.78, 5) is 28.0. The second-order valence-corrected chi connectivity index (χ2v) is 9.03. The predicted octanol–water partition coefficient (Wildman–Crippen LogP) is 4.02. The molecule has 0 aliphatic carbocycles. The van der Waals surface area contributed by atoms with E-state index in [-0.39, 0.29) is 11.9 Å². The molecule has 1 amide bonds. The number of nitrogens with zero attached hydrogens (tertiary/aromatic N) is 3. The molecule has 0 bridgehead atoms. The van der Waals surface area contributed by atoms with Gasteiger partial charge in [0.15, 0.2) is 0 Å². The molecule has 0 aromatic carbocycles. The summed E-state index contributed by atoms with van der Waals surface area (Å²) in [5, 5.41) is 4.34. The van der Waals surface area contributed by atoms with E-state index in [9.17, 15) is 4.79 Å². The van der Waals surface area contributed by atoms with Crippen LogP contribution in [0.25, 0.3) is 10.2 Å². The Morgan fingerprint density at radius 2 is 2.08 bits per heavy atom. The number of thiophene rings is 2. The van der Waals surface area contributed by atoms with Crippen molar-refractivity contribution in [1.29, 1.82) is 0 Å². The lowest BCUT2D eigenvalue weighted by Crippen LogP contribution is -2.44. The number of hydrogen-bond donors (Lipinski definition) is 1. The lowest BCUT2D eigenvalue weighted by molar-refractivity contribution is 0.0935. The van der Waals surface area contributed by atoms with E-state index >= 15 is 0 Å². The first-order chi connectivity index (χ1) is 12.6. The molecule has 26 heavy (non-hydrogen) atoms. The standard InChI is InChI=1S/C19H22N4OS2/c1-3-14-10-15-17(20-11-21-19(15)26-14)23-8-6-13(7-9-23)22-18(24)16-5-4-12(2)25-16/h4-5,10-11,13H,3,6-9H2,1-2H3,(H,22,24). The molecule has 5 nitrogen and oxygen atoms in total. The SMILES string of the molecule is CCc1cc2c(N3CCC(NC(=O)c4ccc(C)s4)CC3)ncnc2s1. The Kier molecular flexibility index (Phi) is 4.91. The molecule has 1 aliphatic heterocycles. The van der Waals surface area contributed by atoms with E-state index < -0.39 is 0 Å². The van der Waals surface area contributed by atoms with Gasteiger partial charge >= 0.3 is 0 Å². The van der Waals surface area contributed by atoms with Crippen molar-refractivity contribution in [1.82, 2.24) is 15.3 Å². The first-order valence-electron chi connectivity index (χ1n) is 8.99. The number of anilines is 1. The molecule has 1 saturated heterocycles. The maximum Gasteiger partial charge on any atom is 0.261 e. The zero-order valence-corrected chi connectivity index (χ0v) is 16.6. The molecule has 0 atom stereocenters. The summed E-state index contributed by atoms with van der Waals surface area (Å²) in [5.74, 6) is 1.08. The van der Waals surface area contributed by atoms with Crippen LogP contribution >= 0.6 is 22.7 Å². The smallest absolute Gasteiger partial charge is 0.261 e. The Labute approximate surface area is 161 Å². The van der Waals surface area contributed by atoms with Crippen LogP contribution in [0.5, 0.6) is 0 Å². The van der Waals surface area contributed by atoms with Gasteiger partial charge in [0.2, 0.25) is 0 Å². The zero-order chi connectivity index (χ0) is 18.1. The molecular weight excluding hydrogens is 364 g/mol. The van der Waals surface area contributed by atoms with Crippen LogP contribution in [0.15, 0.2) is 24.5 Å². The third-order valence-electron chi connectivity index (χ3n) is 4.80. The average molecular weight is 387 g/mol. The first-order valence-corrected chi connectivity index (χ1v) is 10.6. The average Bonchev–Trinajstić information content (AvgIpc) is 3.28. The lowest BCUT2D eigenvalue weighted by Gasteiger charge is -2.33. The van der Waals surface area contributed by atoms with Gasteiger partial charge < -0.3 is 10.2 Å². The number of carbonyl (C=O) groups excluding carboxylic acids is 1. The largest absolute Gasteiger partial charge is 0.356 e. The van der Waals surface area contributed by atoms with E-state index in [4.69, 9.17) is 0 Å². The molecular formula is C19H22N4OS2. The molecule has 0 unspecified atom stereocenters. The normalized spacial score (nSPS) is 15.5. The highest BCUT2D eigenvalue weighted by Crippen LogP contribution is 2.31. The van der Waals surface area contributed by atoms with E-state index in [0.29, 0.717) is 0 Å². The van der Waals surface area contributed by atoms with E-state index in [1.165, 1.54) is 9.75 Å². The maximum atomic E-state index is 12.4. The lowest BCUT2D eigenvalue weighted by atomic mass is 10.0. The van der Waals surface area contributed by atoms with E-state index in [0.717, 1.165) is 53.3 Å². The van der Waals surface area contributed by atoms with Crippen LogP contribution in [0.3, 0.4) is 0 Å². The highest BCUT2D eigenvalue weighted by molar-refractivity contribution is 7.18. The minimum Gasteiger partial charge on any atom is -0.356 e. The van der Waals surface area contributed by atoms with Crippen LogP contribution < -0.4 is 10.2 Å². The minimum atomic E-state index is 0.0522. The van der Waals surface area contributed by atoms with Gasteiger partial charge in [0.05, 0.1) is 10.3 Å². The van der Waals surface area contributed by atoms with Crippen molar-refractivity contribution in [2.75, 3.05) is 18.0 Å². The number of amides is 1. The van der Waals surface area contributed by atoms with Crippen LogP contribution in [-0.4, -0.2) is 35.0 Å². The number of rotatable bonds is 4. The molecule has 0 spiro atoms. The summed E-state index contributed by atoms with van der Waals surface area (Å²) in [6, 6.07) is 6.35. The van der Waals surface area contributed by atoms with Gasteiger partial charge in [0.1, 0.15) is 17.0 Å². The molecule has 3 aromatic rings. The summed E-state index contributed by atoms with van der Waals surface area (Å²) >= 11 is 3.30. The van der Waals surface area contributed by atoms with Gasteiger partial charge in [-0.25, -0.2) is 9.97 Å². The van der Waals surface area contributed by atoms with Crippen molar-refractivity contribution in [2.45, 2.75) is 39.2 Å². The fraction of sp³-hybridized carbons (Fsp3) is 0.421. The molecule has 3 aromatic heterocycles. The van der Waals surface area contributed by atoms with Crippen molar-refractivity contribution in [3.63, 3.8) is 0 Å². The van der Waals surface area contributed by atoms with Crippen molar-refractivity contribution < 1.29 is 4.79 Å². The second kappa shape index (κ2) is 7.32. The second-order valence-electron chi connectivity index (χ2n) is 6.63. The van der Waals surface area contributed by atoms with Crippen LogP contribution in [0.1, 0.15) is 39.2 Å². The Hall–Kier alpha value is -1.99. The van der Waals surface area contributed by atoms with Crippen LogP contribution in [0.4, 0.5) is 5.82 Å². The van der Waals surface area contributed by atoms with Crippen molar-refractivity contribution in [3.8, 4) is 0 Å². The number of fused-ring (bicyclic) bond motifs is 1. The molecule has 136 valence electrons. The van der Waals surface area contributed by atoms with Crippen molar-refractivity contribution in [3.05, 3.63) is 39.2 Å². The summed E-state index contributed by atoms with van der Waals surface area (Å²) in [6.45, 7) is 5.99. The van der Waals surface area contributed by atoms with E-state index in [1.807, 2.05) is 19.1 Å². The summed E-state index contributed by atoms with van der Waals surface area (Å²) in [6.07, 6.45) is 4.57. The molecule has 1 N–H and O–H groups in total. The number of hydrogen-bond acceptors (Lipinski definition) is 6. The van der Waals surface area contributed by atoms with Crippen LogP contribution in [-0.2, 0) is 6.42 Å². The Morgan fingerprint density at radius 3 is 2.77 bits per heavy atom. The predicted molar refractivity (Wildman–Crippen MR) is 109 cm³/mol. The van der Waals surface area contributed by atoms with Gasteiger partial charge in [-0.2, -0.15) is 0 Å².